The van der Waals surface area contributed by atoms with E-state index in [1.54, 1.807) is 0 Å². The van der Waals surface area contributed by atoms with E-state index in [4.69, 9.17) is 5.26 Å². The Morgan fingerprint density at radius 1 is 1.12 bits per heavy atom. The molecule has 1 atom stereocenters. The lowest BCUT2D eigenvalue weighted by Gasteiger charge is -2.15. The van der Waals surface area contributed by atoms with E-state index < -0.39 is 0 Å². The highest BCUT2D eigenvalue weighted by atomic mass is 15.1. The van der Waals surface area contributed by atoms with E-state index in [0.717, 1.165) is 18.1 Å². The van der Waals surface area contributed by atoms with Crippen LogP contribution in [0.3, 0.4) is 0 Å². The second kappa shape index (κ2) is 7.12. The average Bonchev–Trinajstić information content (AvgIpc) is 3.06. The molecule has 1 N–H and O–H groups in total. The Kier molecular flexibility index (Phi) is 4.74. The highest BCUT2D eigenvalue weighted by molar-refractivity contribution is 5.37. The maximum absolute atomic E-state index is 8.83. The summed E-state index contributed by atoms with van der Waals surface area (Å²) in [6.45, 7) is 4.92. The zero-order valence-electron chi connectivity index (χ0n) is 13.9. The molecule has 0 saturated carbocycles. The van der Waals surface area contributed by atoms with Crippen molar-refractivity contribution in [3.63, 3.8) is 0 Å². The fraction of sp³-hybridized carbons (Fsp3) is 0.200. The van der Waals surface area contributed by atoms with Crippen LogP contribution in [0.4, 0.5) is 0 Å². The van der Waals surface area contributed by atoms with Gasteiger partial charge < -0.3 is 9.88 Å². The Bertz CT molecular complexity index is 839. The van der Waals surface area contributed by atoms with Gasteiger partial charge in [0, 0.05) is 30.7 Å². The largest absolute Gasteiger partial charge is 0.306 e. The van der Waals surface area contributed by atoms with Gasteiger partial charge in [-0.15, -0.1) is 0 Å². The molecule has 0 amide bonds. The number of aromatic nitrogens is 2. The van der Waals surface area contributed by atoms with E-state index in [1.807, 2.05) is 43.6 Å². The monoisotopic (exact) mass is 316 g/mol. The number of nitriles is 1. The van der Waals surface area contributed by atoms with Crippen molar-refractivity contribution in [2.24, 2.45) is 0 Å². The topological polar surface area (TPSA) is 53.6 Å². The summed E-state index contributed by atoms with van der Waals surface area (Å²) < 4.78 is 2.07. The third-order valence-corrected chi connectivity index (χ3v) is 4.19. The van der Waals surface area contributed by atoms with Crippen LogP contribution >= 0.6 is 0 Å². The van der Waals surface area contributed by atoms with Crippen LogP contribution in [-0.2, 0) is 6.54 Å². The molecular weight excluding hydrogens is 296 g/mol. The molecular formula is C20H20N4. The number of nitrogens with one attached hydrogen (secondary N) is 1. The Labute approximate surface area is 142 Å². The van der Waals surface area contributed by atoms with Gasteiger partial charge in [0.2, 0.25) is 0 Å². The molecule has 3 aromatic rings. The molecule has 0 spiro atoms. The van der Waals surface area contributed by atoms with Crippen molar-refractivity contribution in [1.29, 1.82) is 5.26 Å². The van der Waals surface area contributed by atoms with Crippen molar-refractivity contribution < 1.29 is 0 Å². The Hall–Kier alpha value is -2.90. The molecule has 0 aliphatic heterocycles. The molecule has 0 saturated heterocycles. The lowest BCUT2D eigenvalue weighted by Crippen LogP contribution is -2.18. The lowest BCUT2D eigenvalue weighted by atomic mass is 10.1. The molecule has 0 radical (unpaired) electrons. The van der Waals surface area contributed by atoms with E-state index in [-0.39, 0.29) is 6.04 Å². The van der Waals surface area contributed by atoms with Crippen LogP contribution in [0.1, 0.15) is 35.5 Å². The van der Waals surface area contributed by atoms with Gasteiger partial charge in [-0.2, -0.15) is 5.26 Å². The SMILES string of the molecule is Cc1nccn1-c1ccc([C@@H](C)NCc2ccc(C#N)cc2)cc1. The molecule has 4 heteroatoms. The summed E-state index contributed by atoms with van der Waals surface area (Å²) in [6, 6.07) is 18.6. The summed E-state index contributed by atoms with van der Waals surface area (Å²) >= 11 is 0. The highest BCUT2D eigenvalue weighted by Crippen LogP contribution is 2.17. The number of benzene rings is 2. The first-order chi connectivity index (χ1) is 11.7. The number of aryl methyl sites for hydroxylation is 1. The predicted octanol–water partition coefficient (Wildman–Crippen LogP) is 3.90. The summed E-state index contributed by atoms with van der Waals surface area (Å²) in [6.07, 6.45) is 3.78. The zero-order chi connectivity index (χ0) is 16.9. The van der Waals surface area contributed by atoms with Gasteiger partial charge >= 0.3 is 0 Å². The van der Waals surface area contributed by atoms with E-state index in [0.29, 0.717) is 5.56 Å². The first-order valence-corrected chi connectivity index (χ1v) is 8.00. The molecule has 0 bridgehead atoms. The summed E-state index contributed by atoms with van der Waals surface area (Å²) in [7, 11) is 0. The molecule has 4 nitrogen and oxygen atoms in total. The van der Waals surface area contributed by atoms with Crippen LogP contribution in [0.2, 0.25) is 0 Å². The lowest BCUT2D eigenvalue weighted by molar-refractivity contribution is 0.574. The van der Waals surface area contributed by atoms with Gasteiger partial charge in [0.1, 0.15) is 5.82 Å². The van der Waals surface area contributed by atoms with Crippen molar-refractivity contribution in [3.8, 4) is 11.8 Å². The molecule has 0 fully saturated rings. The van der Waals surface area contributed by atoms with Crippen LogP contribution in [-0.4, -0.2) is 9.55 Å². The van der Waals surface area contributed by atoms with Gasteiger partial charge in [-0.1, -0.05) is 24.3 Å². The van der Waals surface area contributed by atoms with Crippen LogP contribution in [0.5, 0.6) is 0 Å². The molecule has 1 aromatic heterocycles. The van der Waals surface area contributed by atoms with Crippen molar-refractivity contribution in [3.05, 3.63) is 83.4 Å². The standard InChI is InChI=1S/C20H20N4/c1-15(23-14-18-5-3-17(13-21)4-6-18)19-7-9-20(10-8-19)24-12-11-22-16(24)2/h3-12,15,23H,14H2,1-2H3/t15-/m1/s1. The van der Waals surface area contributed by atoms with Gasteiger partial charge in [0.25, 0.3) is 0 Å². The molecule has 24 heavy (non-hydrogen) atoms. The Morgan fingerprint density at radius 3 is 2.42 bits per heavy atom. The Balaban J connectivity index is 1.63. The molecule has 2 aromatic carbocycles. The summed E-state index contributed by atoms with van der Waals surface area (Å²) in [5.41, 5.74) is 4.22. The molecule has 0 aliphatic carbocycles. The van der Waals surface area contributed by atoms with E-state index in [1.165, 1.54) is 11.1 Å². The van der Waals surface area contributed by atoms with Crippen LogP contribution in [0.25, 0.3) is 5.69 Å². The molecule has 3 rings (SSSR count). The normalized spacial score (nSPS) is 11.9. The first-order valence-electron chi connectivity index (χ1n) is 8.00. The van der Waals surface area contributed by atoms with Crippen molar-refractivity contribution in [1.82, 2.24) is 14.9 Å². The van der Waals surface area contributed by atoms with E-state index in [9.17, 15) is 0 Å². The van der Waals surface area contributed by atoms with Gasteiger partial charge in [-0.3, -0.25) is 0 Å². The van der Waals surface area contributed by atoms with Crippen molar-refractivity contribution in [2.75, 3.05) is 0 Å². The van der Waals surface area contributed by atoms with Crippen molar-refractivity contribution >= 4 is 0 Å². The number of imidazole rings is 1. The smallest absolute Gasteiger partial charge is 0.110 e. The molecule has 120 valence electrons. The minimum absolute atomic E-state index is 0.249. The third-order valence-electron chi connectivity index (χ3n) is 4.19. The van der Waals surface area contributed by atoms with Crippen LogP contribution in [0.15, 0.2) is 60.9 Å². The third kappa shape index (κ3) is 3.53. The minimum Gasteiger partial charge on any atom is -0.306 e. The van der Waals surface area contributed by atoms with Gasteiger partial charge in [-0.05, 0) is 49.2 Å². The summed E-state index contributed by atoms with van der Waals surface area (Å²) in [5, 5.41) is 12.3. The highest BCUT2D eigenvalue weighted by Gasteiger charge is 2.06. The molecule has 0 unspecified atom stereocenters. The first kappa shape index (κ1) is 16.0. The quantitative estimate of drug-likeness (QED) is 0.776. The number of rotatable bonds is 5. The van der Waals surface area contributed by atoms with Gasteiger partial charge in [0.05, 0.1) is 11.6 Å². The maximum Gasteiger partial charge on any atom is 0.110 e. The van der Waals surface area contributed by atoms with Gasteiger partial charge in [-0.25, -0.2) is 4.98 Å². The summed E-state index contributed by atoms with van der Waals surface area (Å²) in [5.74, 6) is 0.981. The zero-order valence-corrected chi connectivity index (χ0v) is 13.9. The van der Waals surface area contributed by atoms with E-state index in [2.05, 4.69) is 52.1 Å². The predicted molar refractivity (Wildman–Crippen MR) is 94.7 cm³/mol. The fourth-order valence-electron chi connectivity index (χ4n) is 2.66. The van der Waals surface area contributed by atoms with E-state index >= 15 is 0 Å². The van der Waals surface area contributed by atoms with Crippen LogP contribution < -0.4 is 5.32 Å². The minimum atomic E-state index is 0.249. The van der Waals surface area contributed by atoms with Crippen molar-refractivity contribution in [2.45, 2.75) is 26.4 Å². The Morgan fingerprint density at radius 2 is 1.83 bits per heavy atom. The second-order valence-electron chi connectivity index (χ2n) is 5.85. The maximum atomic E-state index is 8.83. The average molecular weight is 316 g/mol. The summed E-state index contributed by atoms with van der Waals surface area (Å²) in [4.78, 5) is 4.26. The second-order valence-corrected chi connectivity index (χ2v) is 5.85. The molecule has 0 aliphatic rings. The number of nitrogens with zero attached hydrogens (tertiary/aromatic N) is 3. The van der Waals surface area contributed by atoms with Gasteiger partial charge in [0.15, 0.2) is 0 Å². The molecule has 1 heterocycles. The van der Waals surface area contributed by atoms with Crippen LogP contribution in [0, 0.1) is 18.3 Å². The number of hydrogen-bond acceptors (Lipinski definition) is 3. The fourth-order valence-corrected chi connectivity index (χ4v) is 2.66. The number of hydrogen-bond donors (Lipinski definition) is 1.